The highest BCUT2D eigenvalue weighted by molar-refractivity contribution is 5.33. The summed E-state index contributed by atoms with van der Waals surface area (Å²) >= 11 is 0. The third kappa shape index (κ3) is 6.81. The Labute approximate surface area is 210 Å². The van der Waals surface area contributed by atoms with Gasteiger partial charge >= 0.3 is 12.4 Å². The van der Waals surface area contributed by atoms with Crippen molar-refractivity contribution in [3.63, 3.8) is 0 Å². The molecule has 10 heteroatoms. The number of piperidine rings is 1. The van der Waals surface area contributed by atoms with E-state index in [9.17, 15) is 31.5 Å². The van der Waals surface area contributed by atoms with Crippen molar-refractivity contribution < 1.29 is 35.8 Å². The topological polar surface area (TPSA) is 39.4 Å². The molecule has 0 bridgehead atoms. The maximum absolute atomic E-state index is 13.2. The molecule has 0 N–H and O–H groups in total. The molecule has 198 valence electrons. The Balaban J connectivity index is 1.59. The molecular formula is C27H26F6N2O2. The van der Waals surface area contributed by atoms with Crippen LogP contribution < -0.4 is 4.73 Å². The van der Waals surface area contributed by atoms with Crippen LogP contribution in [-0.4, -0.2) is 18.1 Å². The van der Waals surface area contributed by atoms with Gasteiger partial charge < -0.3 is 9.94 Å². The summed E-state index contributed by atoms with van der Waals surface area (Å²) in [5.41, 5.74) is -1.09. The molecule has 1 aliphatic heterocycles. The number of rotatable bonds is 7. The zero-order valence-corrected chi connectivity index (χ0v) is 19.8. The summed E-state index contributed by atoms with van der Waals surface area (Å²) in [6, 6.07) is 14.3. The largest absolute Gasteiger partial charge is 0.619 e. The molecule has 4 rings (SSSR count). The maximum atomic E-state index is 13.2. The Morgan fingerprint density at radius 2 is 1.51 bits per heavy atom. The normalized spacial score (nSPS) is 18.1. The second-order valence-electron chi connectivity index (χ2n) is 9.10. The molecule has 1 unspecified atom stereocenters. The van der Waals surface area contributed by atoms with E-state index in [1.54, 1.807) is 12.1 Å². The molecule has 1 saturated heterocycles. The average molecular weight is 525 g/mol. The van der Waals surface area contributed by atoms with Crippen molar-refractivity contribution in [1.29, 1.82) is 0 Å². The molecule has 0 amide bonds. The quantitative estimate of drug-likeness (QED) is 0.193. The summed E-state index contributed by atoms with van der Waals surface area (Å²) in [6.45, 7) is 0.313. The molecule has 0 aliphatic carbocycles. The van der Waals surface area contributed by atoms with Crippen molar-refractivity contribution in [3.8, 4) is 0 Å². The number of pyridine rings is 1. The van der Waals surface area contributed by atoms with Crippen LogP contribution in [0.15, 0.2) is 73.1 Å². The Morgan fingerprint density at radius 1 is 0.892 bits per heavy atom. The van der Waals surface area contributed by atoms with Crippen LogP contribution in [0.5, 0.6) is 0 Å². The highest BCUT2D eigenvalue weighted by Gasteiger charge is 2.37. The lowest BCUT2D eigenvalue weighted by molar-refractivity contribution is -0.605. The van der Waals surface area contributed by atoms with Gasteiger partial charge in [0.2, 0.25) is 0 Å². The van der Waals surface area contributed by atoms with Crippen molar-refractivity contribution in [1.82, 2.24) is 4.90 Å². The fourth-order valence-electron chi connectivity index (χ4n) is 4.78. The first kappa shape index (κ1) is 26.9. The molecule has 1 aromatic heterocycles. The van der Waals surface area contributed by atoms with Crippen LogP contribution in [0.1, 0.15) is 59.2 Å². The van der Waals surface area contributed by atoms with E-state index in [1.807, 2.05) is 30.3 Å². The average Bonchev–Trinajstić information content (AvgIpc) is 2.87. The number of aromatic nitrogens is 1. The van der Waals surface area contributed by atoms with E-state index in [0.717, 1.165) is 36.9 Å². The molecule has 4 nitrogen and oxygen atoms in total. The van der Waals surface area contributed by atoms with E-state index in [0.29, 0.717) is 16.9 Å². The van der Waals surface area contributed by atoms with E-state index in [4.69, 9.17) is 4.74 Å². The molecule has 1 fully saturated rings. The predicted octanol–water partition coefficient (Wildman–Crippen LogP) is 6.84. The number of hydrogen-bond donors (Lipinski definition) is 0. The number of hydrogen-bond acceptors (Lipinski definition) is 3. The lowest BCUT2D eigenvalue weighted by atomic mass is 9.92. The fourth-order valence-corrected chi connectivity index (χ4v) is 4.78. The highest BCUT2D eigenvalue weighted by atomic mass is 19.4. The van der Waals surface area contributed by atoms with Gasteiger partial charge in [0, 0.05) is 18.2 Å². The second-order valence-corrected chi connectivity index (χ2v) is 9.10. The molecule has 37 heavy (non-hydrogen) atoms. The summed E-state index contributed by atoms with van der Waals surface area (Å²) in [6.07, 6.45) is -4.31. The Kier molecular flexibility index (Phi) is 8.08. The minimum absolute atomic E-state index is 0.0177. The number of halogens is 6. The summed E-state index contributed by atoms with van der Waals surface area (Å²) < 4.78 is 85.9. The summed E-state index contributed by atoms with van der Waals surface area (Å²) in [5, 5.41) is 11.6. The SMILES string of the molecule is [O-][n+]1ccc(C(COCc2cc(C(F)(F)F)cc(C(F)(F)F)c2)N2CCCC[C@H]2c2ccccc2)cc1. The molecule has 0 radical (unpaired) electrons. The molecule has 2 aromatic carbocycles. The lowest BCUT2D eigenvalue weighted by Crippen LogP contribution is -2.39. The first-order valence-electron chi connectivity index (χ1n) is 11.9. The van der Waals surface area contributed by atoms with Gasteiger partial charge in [0.25, 0.3) is 0 Å². The molecule has 2 atom stereocenters. The summed E-state index contributed by atoms with van der Waals surface area (Å²) in [5.74, 6) is 0. The Morgan fingerprint density at radius 3 is 2.11 bits per heavy atom. The summed E-state index contributed by atoms with van der Waals surface area (Å²) in [4.78, 5) is 2.23. The number of nitrogens with zero attached hydrogens (tertiary/aromatic N) is 2. The first-order valence-corrected chi connectivity index (χ1v) is 11.9. The van der Waals surface area contributed by atoms with E-state index in [2.05, 4.69) is 4.90 Å². The molecule has 3 aromatic rings. The van der Waals surface area contributed by atoms with Gasteiger partial charge in [-0.05, 0) is 54.3 Å². The smallest absolute Gasteiger partial charge is 0.416 e. The summed E-state index contributed by atoms with van der Waals surface area (Å²) in [7, 11) is 0. The van der Waals surface area contributed by atoms with Crippen LogP contribution in [0.25, 0.3) is 0 Å². The number of ether oxygens (including phenoxy) is 1. The van der Waals surface area contributed by atoms with Crippen LogP contribution >= 0.6 is 0 Å². The molecule has 2 heterocycles. The van der Waals surface area contributed by atoms with Gasteiger partial charge in [0.05, 0.1) is 30.4 Å². The zero-order valence-electron chi connectivity index (χ0n) is 19.8. The standard InChI is InChI=1S/C27H26F6N2O2/c28-26(29,30)22-14-19(15-23(16-22)27(31,32)33)17-37-18-25(21-9-12-34(36)13-10-21)35-11-5-4-8-24(35)20-6-2-1-3-7-20/h1-3,6-7,9-10,12-16,24-25H,4-5,8,11,17-18H2/t24-,25?/m0/s1. The van der Waals surface area contributed by atoms with Gasteiger partial charge in [-0.15, -0.1) is 0 Å². The van der Waals surface area contributed by atoms with Gasteiger partial charge in [-0.2, -0.15) is 31.1 Å². The fraction of sp³-hybridized carbons (Fsp3) is 0.370. The van der Waals surface area contributed by atoms with Crippen molar-refractivity contribution in [2.45, 2.75) is 50.3 Å². The van der Waals surface area contributed by atoms with Gasteiger partial charge in [0.15, 0.2) is 12.4 Å². The van der Waals surface area contributed by atoms with Gasteiger partial charge in [-0.25, -0.2) is 0 Å². The molecule has 0 spiro atoms. The molecular weight excluding hydrogens is 498 g/mol. The predicted molar refractivity (Wildman–Crippen MR) is 124 cm³/mol. The number of alkyl halides is 6. The minimum atomic E-state index is -4.92. The van der Waals surface area contributed by atoms with E-state index in [1.165, 1.54) is 12.4 Å². The van der Waals surface area contributed by atoms with Gasteiger partial charge in [-0.1, -0.05) is 36.8 Å². The van der Waals surface area contributed by atoms with Crippen molar-refractivity contribution >= 4 is 0 Å². The third-order valence-corrected chi connectivity index (χ3v) is 6.53. The van der Waals surface area contributed by atoms with Crippen LogP contribution in [-0.2, 0) is 23.7 Å². The van der Waals surface area contributed by atoms with E-state index in [-0.39, 0.29) is 30.3 Å². The monoisotopic (exact) mass is 524 g/mol. The van der Waals surface area contributed by atoms with Crippen LogP contribution in [0, 0.1) is 5.21 Å². The van der Waals surface area contributed by atoms with Crippen LogP contribution in [0.4, 0.5) is 26.3 Å². The van der Waals surface area contributed by atoms with Crippen molar-refractivity contribution in [2.75, 3.05) is 13.2 Å². The van der Waals surface area contributed by atoms with Gasteiger partial charge in [-0.3, -0.25) is 4.90 Å². The van der Waals surface area contributed by atoms with E-state index < -0.39 is 30.1 Å². The van der Waals surface area contributed by atoms with Crippen LogP contribution in [0.2, 0.25) is 0 Å². The first-order chi connectivity index (χ1) is 17.5. The lowest BCUT2D eigenvalue weighted by Gasteiger charge is -2.41. The van der Waals surface area contributed by atoms with Crippen molar-refractivity contribution in [2.24, 2.45) is 0 Å². The Bertz CT molecular complexity index is 1130. The third-order valence-electron chi connectivity index (χ3n) is 6.53. The maximum Gasteiger partial charge on any atom is 0.416 e. The van der Waals surface area contributed by atoms with Gasteiger partial charge in [0.1, 0.15) is 0 Å². The Hall–Kier alpha value is -3.11. The number of likely N-dealkylation sites (tertiary alicyclic amines) is 1. The van der Waals surface area contributed by atoms with Crippen LogP contribution in [0.3, 0.4) is 0 Å². The zero-order chi connectivity index (χ0) is 26.6. The van der Waals surface area contributed by atoms with E-state index >= 15 is 0 Å². The minimum Gasteiger partial charge on any atom is -0.619 e. The molecule has 1 aliphatic rings. The second kappa shape index (κ2) is 11.1. The molecule has 0 saturated carbocycles. The van der Waals surface area contributed by atoms with Crippen molar-refractivity contribution in [3.05, 3.63) is 106 Å². The number of benzene rings is 2. The highest BCUT2D eigenvalue weighted by Crippen LogP contribution is 2.39.